The van der Waals surface area contributed by atoms with Gasteiger partial charge in [-0.25, -0.2) is 10.9 Å². The summed E-state index contributed by atoms with van der Waals surface area (Å²) in [6.07, 6.45) is 2.94. The van der Waals surface area contributed by atoms with Crippen molar-refractivity contribution < 1.29 is 19.1 Å². The second kappa shape index (κ2) is 10.8. The van der Waals surface area contributed by atoms with Gasteiger partial charge in [-0.3, -0.25) is 9.59 Å². The molecule has 0 fully saturated rings. The second-order valence-corrected chi connectivity index (χ2v) is 2.78. The molecule has 7 nitrogen and oxygen atoms in total. The molecule has 0 aromatic carbocycles. The molecule has 0 aliphatic carbocycles. The van der Waals surface area contributed by atoms with Crippen molar-refractivity contribution in [2.24, 2.45) is 0 Å². The summed E-state index contributed by atoms with van der Waals surface area (Å²) in [4.78, 5) is 21.9. The Labute approximate surface area is 99.8 Å². The van der Waals surface area contributed by atoms with Crippen LogP contribution in [0.25, 0.3) is 0 Å². The monoisotopic (exact) mass is 243 g/mol. The van der Waals surface area contributed by atoms with Gasteiger partial charge in [0.2, 0.25) is 0 Å². The van der Waals surface area contributed by atoms with Gasteiger partial charge in [0.05, 0.1) is 0 Å². The predicted molar refractivity (Wildman–Crippen MR) is 61.5 cm³/mol. The predicted octanol–water partition coefficient (Wildman–Crippen LogP) is -0.956. The van der Waals surface area contributed by atoms with E-state index in [-0.39, 0.29) is 26.3 Å². The van der Waals surface area contributed by atoms with Crippen LogP contribution in [0.3, 0.4) is 0 Å². The highest BCUT2D eigenvalue weighted by Gasteiger charge is 2.01. The average Bonchev–Trinajstić information content (AvgIpc) is 2.33. The highest BCUT2D eigenvalue weighted by Crippen LogP contribution is 1.76. The van der Waals surface area contributed by atoms with E-state index in [9.17, 15) is 9.59 Å². The minimum Gasteiger partial charge on any atom is -0.460 e. The highest BCUT2D eigenvalue weighted by atomic mass is 16.5. The third-order valence-corrected chi connectivity index (χ3v) is 1.37. The molecule has 0 amide bonds. The van der Waals surface area contributed by atoms with Crippen molar-refractivity contribution in [1.82, 2.24) is 16.4 Å². The summed E-state index contributed by atoms with van der Waals surface area (Å²) in [6, 6.07) is 0. The lowest BCUT2D eigenvalue weighted by atomic mass is 10.6. The lowest BCUT2D eigenvalue weighted by molar-refractivity contribution is -0.141. The van der Waals surface area contributed by atoms with E-state index in [0.717, 1.165) is 0 Å². The Morgan fingerprint density at radius 1 is 0.941 bits per heavy atom. The summed E-state index contributed by atoms with van der Waals surface area (Å²) in [6.45, 7) is 7.06. The Kier molecular flexibility index (Phi) is 9.73. The van der Waals surface area contributed by atoms with Gasteiger partial charge in [-0.1, -0.05) is 25.3 Å². The Hall–Kier alpha value is -1.70. The number of carbonyl (C=O) groups excluding carboxylic acids is 2. The van der Waals surface area contributed by atoms with Gasteiger partial charge in [-0.05, 0) is 0 Å². The standard InChI is InChI=1S/C10H17N3O4/c1-3-5-16-9(14)7-11-13-12-8-10(15)17-6-4-2/h3-4,11-13H,1-2,5-8H2. The molecule has 7 heteroatoms. The molecule has 96 valence electrons. The molecular weight excluding hydrogens is 226 g/mol. The third-order valence-electron chi connectivity index (χ3n) is 1.37. The van der Waals surface area contributed by atoms with Gasteiger partial charge >= 0.3 is 11.9 Å². The lowest BCUT2D eigenvalue weighted by Crippen LogP contribution is -2.47. The number of esters is 2. The van der Waals surface area contributed by atoms with Gasteiger partial charge < -0.3 is 9.47 Å². The summed E-state index contributed by atoms with van der Waals surface area (Å²) in [7, 11) is 0. The van der Waals surface area contributed by atoms with E-state index >= 15 is 0 Å². The Bertz CT molecular complexity index is 242. The van der Waals surface area contributed by atoms with Gasteiger partial charge in [-0.2, -0.15) is 5.53 Å². The van der Waals surface area contributed by atoms with Crippen molar-refractivity contribution >= 4 is 11.9 Å². The minimum absolute atomic E-state index is 0.0391. The van der Waals surface area contributed by atoms with Crippen LogP contribution in [0.5, 0.6) is 0 Å². The van der Waals surface area contributed by atoms with Crippen LogP contribution >= 0.6 is 0 Å². The number of hydrogen-bond acceptors (Lipinski definition) is 7. The first-order valence-corrected chi connectivity index (χ1v) is 4.94. The second-order valence-electron chi connectivity index (χ2n) is 2.78. The molecule has 0 bridgehead atoms. The van der Waals surface area contributed by atoms with Crippen LogP contribution < -0.4 is 16.4 Å². The number of carbonyl (C=O) groups is 2. The average molecular weight is 243 g/mol. The topological polar surface area (TPSA) is 88.7 Å². The maximum atomic E-state index is 10.9. The molecule has 3 N–H and O–H groups in total. The molecule has 0 radical (unpaired) electrons. The van der Waals surface area contributed by atoms with Gasteiger partial charge in [0, 0.05) is 0 Å². The largest absolute Gasteiger partial charge is 0.460 e. The van der Waals surface area contributed by atoms with Crippen molar-refractivity contribution in [3.63, 3.8) is 0 Å². The number of rotatable bonds is 10. The summed E-state index contributed by atoms with van der Waals surface area (Å²) < 4.78 is 9.36. The van der Waals surface area contributed by atoms with Crippen LogP contribution in [0.15, 0.2) is 25.3 Å². The van der Waals surface area contributed by atoms with E-state index in [2.05, 4.69) is 39.0 Å². The first-order valence-electron chi connectivity index (χ1n) is 4.94. The fraction of sp³-hybridized carbons (Fsp3) is 0.400. The molecule has 17 heavy (non-hydrogen) atoms. The zero-order valence-electron chi connectivity index (χ0n) is 9.53. The summed E-state index contributed by atoms with van der Waals surface area (Å²) in [5.74, 6) is -0.873. The molecule has 0 rings (SSSR count). The molecule has 0 spiro atoms. The third kappa shape index (κ3) is 10.6. The Balaban J connectivity index is 3.33. The van der Waals surface area contributed by atoms with E-state index in [1.165, 1.54) is 12.2 Å². The van der Waals surface area contributed by atoms with Crippen LogP contribution in [-0.2, 0) is 19.1 Å². The summed E-state index contributed by atoms with van der Waals surface area (Å²) in [5.41, 5.74) is 7.46. The van der Waals surface area contributed by atoms with Crippen LogP contribution in [0.1, 0.15) is 0 Å². The number of ether oxygens (including phenoxy) is 2. The SMILES string of the molecule is C=CCOC(=O)CNNNCC(=O)OCC=C. The van der Waals surface area contributed by atoms with E-state index in [1.54, 1.807) is 0 Å². The van der Waals surface area contributed by atoms with Gasteiger partial charge in [0.1, 0.15) is 26.3 Å². The maximum Gasteiger partial charge on any atom is 0.321 e. The highest BCUT2D eigenvalue weighted by molar-refractivity contribution is 5.72. The van der Waals surface area contributed by atoms with Crippen molar-refractivity contribution in [3.05, 3.63) is 25.3 Å². The van der Waals surface area contributed by atoms with Crippen molar-refractivity contribution in [2.45, 2.75) is 0 Å². The van der Waals surface area contributed by atoms with Crippen molar-refractivity contribution in [3.8, 4) is 0 Å². The quantitative estimate of drug-likeness (QED) is 0.197. The molecule has 0 aliphatic heterocycles. The zero-order valence-corrected chi connectivity index (χ0v) is 9.53. The van der Waals surface area contributed by atoms with Crippen molar-refractivity contribution in [1.29, 1.82) is 0 Å². The van der Waals surface area contributed by atoms with E-state index < -0.39 is 11.9 Å². The van der Waals surface area contributed by atoms with Gasteiger partial charge in [-0.15, -0.1) is 0 Å². The van der Waals surface area contributed by atoms with E-state index in [0.29, 0.717) is 0 Å². The molecule has 0 unspecified atom stereocenters. The number of hydrogen-bond donors (Lipinski definition) is 3. The van der Waals surface area contributed by atoms with Crippen LogP contribution in [0.2, 0.25) is 0 Å². The molecule has 0 atom stereocenters. The van der Waals surface area contributed by atoms with E-state index in [4.69, 9.17) is 0 Å². The number of nitrogens with one attached hydrogen (secondary N) is 3. The molecule has 0 saturated heterocycles. The minimum atomic E-state index is -0.437. The summed E-state index contributed by atoms with van der Waals surface area (Å²) in [5, 5.41) is 0. The smallest absolute Gasteiger partial charge is 0.321 e. The Morgan fingerprint density at radius 2 is 1.35 bits per heavy atom. The van der Waals surface area contributed by atoms with Gasteiger partial charge in [0.25, 0.3) is 0 Å². The Morgan fingerprint density at radius 3 is 1.71 bits per heavy atom. The molecule has 0 aromatic rings. The first-order chi connectivity index (χ1) is 8.20. The number of hydrazine groups is 2. The normalized spacial score (nSPS) is 9.41. The van der Waals surface area contributed by atoms with E-state index in [1.807, 2.05) is 0 Å². The van der Waals surface area contributed by atoms with Gasteiger partial charge in [0.15, 0.2) is 0 Å². The molecule has 0 heterocycles. The zero-order chi connectivity index (χ0) is 12.9. The molecule has 0 saturated carbocycles. The van der Waals surface area contributed by atoms with Crippen LogP contribution in [0.4, 0.5) is 0 Å². The van der Waals surface area contributed by atoms with Crippen molar-refractivity contribution in [2.75, 3.05) is 26.3 Å². The van der Waals surface area contributed by atoms with Crippen LogP contribution in [-0.4, -0.2) is 38.2 Å². The molecule has 0 aliphatic rings. The lowest BCUT2D eigenvalue weighted by Gasteiger charge is -2.07. The fourth-order valence-corrected chi connectivity index (χ4v) is 0.701. The first kappa shape index (κ1) is 15.3. The summed E-state index contributed by atoms with van der Waals surface area (Å²) >= 11 is 0. The van der Waals surface area contributed by atoms with Crippen LogP contribution in [0, 0.1) is 0 Å². The molecule has 0 aromatic heterocycles. The molecular formula is C10H17N3O4. The fourth-order valence-electron chi connectivity index (χ4n) is 0.701. The maximum absolute atomic E-state index is 10.9.